The third kappa shape index (κ3) is 8.69. The fraction of sp³-hybridized carbons (Fsp3) is 0.146. The zero-order chi connectivity index (χ0) is 44.0. The van der Waals surface area contributed by atoms with Gasteiger partial charge in [-0.05, 0) is 29.6 Å². The maximum Gasteiger partial charge on any atom is 0.356 e. The van der Waals surface area contributed by atoms with Crippen LogP contribution in [0.5, 0.6) is 0 Å². The molecule has 2 aromatic heterocycles. The number of carbonyl (C=O) groups excluding carboxylic acids is 3. The Kier molecular flexibility index (Phi) is 12.7. The molecule has 16 heteroatoms. The summed E-state index contributed by atoms with van der Waals surface area (Å²) >= 11 is 5.28. The number of rotatable bonds is 15. The van der Waals surface area contributed by atoms with E-state index in [1.807, 2.05) is 159 Å². The second kappa shape index (κ2) is 19.0. The Morgan fingerprint density at radius 3 is 1.89 bits per heavy atom. The molecule has 0 spiro atoms. The lowest BCUT2D eigenvalue weighted by Crippen LogP contribution is -2.71. The number of thioether (sulfide) groups is 2. The van der Waals surface area contributed by atoms with Crippen molar-refractivity contribution in [3.8, 4) is 0 Å². The summed E-state index contributed by atoms with van der Waals surface area (Å²) in [6.07, 6.45) is -0.751. The number of ether oxygens (including phenoxy) is 1. The highest BCUT2D eigenvalue weighted by Crippen LogP contribution is 2.46. The van der Waals surface area contributed by atoms with Crippen molar-refractivity contribution in [3.05, 3.63) is 212 Å². The van der Waals surface area contributed by atoms with Gasteiger partial charge in [-0.3, -0.25) is 14.5 Å². The summed E-state index contributed by atoms with van der Waals surface area (Å²) in [5.74, 6) is -0.376. The van der Waals surface area contributed by atoms with Crippen LogP contribution >= 0.6 is 46.4 Å². The van der Waals surface area contributed by atoms with Gasteiger partial charge in [0.05, 0.1) is 5.75 Å². The fourth-order valence-corrected chi connectivity index (χ4v) is 11.4. The number of nitrogen functional groups attached to an aromatic ring is 1. The van der Waals surface area contributed by atoms with Crippen LogP contribution in [0.2, 0.25) is 0 Å². The Balaban J connectivity index is 1.04. The fourth-order valence-electron chi connectivity index (χ4n) is 7.59. The van der Waals surface area contributed by atoms with Crippen molar-refractivity contribution in [2.45, 2.75) is 35.8 Å². The molecule has 7 aromatic rings. The quantitative estimate of drug-likeness (QED) is 0.0334. The van der Waals surface area contributed by atoms with Crippen LogP contribution in [0.25, 0.3) is 0 Å². The van der Waals surface area contributed by atoms with Gasteiger partial charge in [-0.1, -0.05) is 157 Å². The number of hydrogen-bond acceptors (Lipinski definition) is 14. The van der Waals surface area contributed by atoms with Crippen molar-refractivity contribution in [2.24, 2.45) is 5.16 Å². The molecule has 2 amide bonds. The van der Waals surface area contributed by atoms with Crippen LogP contribution in [0.15, 0.2) is 173 Å². The normalized spacial score (nSPS) is 16.2. The van der Waals surface area contributed by atoms with Crippen molar-refractivity contribution < 1.29 is 24.0 Å². The van der Waals surface area contributed by atoms with Gasteiger partial charge in [-0.15, -0.1) is 34.9 Å². The zero-order valence-electron chi connectivity index (χ0n) is 34.1. The second-order valence-corrected chi connectivity index (χ2v) is 18.5. The smallest absolute Gasteiger partial charge is 0.356 e. The minimum absolute atomic E-state index is 0.130. The number of amides is 2. The van der Waals surface area contributed by atoms with Gasteiger partial charge in [0, 0.05) is 32.7 Å². The summed E-state index contributed by atoms with van der Waals surface area (Å²) in [4.78, 5) is 61.4. The summed E-state index contributed by atoms with van der Waals surface area (Å²) < 4.78 is 10.7. The predicted molar refractivity (Wildman–Crippen MR) is 252 cm³/mol. The van der Waals surface area contributed by atoms with E-state index in [1.165, 1.54) is 40.0 Å². The van der Waals surface area contributed by atoms with Crippen molar-refractivity contribution >= 4 is 75.0 Å². The molecule has 2 aliphatic rings. The lowest BCUT2D eigenvalue weighted by molar-refractivity contribution is -0.154. The molecule has 5 aromatic carbocycles. The van der Waals surface area contributed by atoms with E-state index in [1.54, 1.807) is 5.38 Å². The first kappa shape index (κ1) is 42.7. The molecule has 0 radical (unpaired) electrons. The molecule has 64 heavy (non-hydrogen) atoms. The van der Waals surface area contributed by atoms with E-state index in [-0.39, 0.29) is 22.2 Å². The van der Waals surface area contributed by atoms with Gasteiger partial charge < -0.3 is 20.6 Å². The average Bonchev–Trinajstić information content (AvgIpc) is 3.98. The highest BCUT2D eigenvalue weighted by atomic mass is 32.2. The van der Waals surface area contributed by atoms with Gasteiger partial charge in [-0.25, -0.2) is 14.8 Å². The minimum Gasteiger partial charge on any atom is -0.448 e. The molecular formula is C48H39N7O5S4. The molecule has 2 atom stereocenters. The Bertz CT molecular complexity index is 2690. The first-order valence-electron chi connectivity index (χ1n) is 20.2. The largest absolute Gasteiger partial charge is 0.448 e. The summed E-state index contributed by atoms with van der Waals surface area (Å²) in [6.45, 7) is 1.83. The van der Waals surface area contributed by atoms with Crippen molar-refractivity contribution in [1.82, 2.24) is 24.6 Å². The molecule has 0 unspecified atom stereocenters. The second-order valence-electron chi connectivity index (χ2n) is 14.6. The number of anilines is 1. The van der Waals surface area contributed by atoms with Gasteiger partial charge in [0.15, 0.2) is 16.9 Å². The number of nitrogens with one attached hydrogen (secondary N) is 1. The van der Waals surface area contributed by atoms with E-state index in [0.717, 1.165) is 44.2 Å². The van der Waals surface area contributed by atoms with Gasteiger partial charge in [-0.2, -0.15) is 4.37 Å². The topological polar surface area (TPSA) is 162 Å². The van der Waals surface area contributed by atoms with Crippen LogP contribution in [-0.4, -0.2) is 59.9 Å². The number of esters is 1. The van der Waals surface area contributed by atoms with Crippen LogP contribution in [-0.2, 0) is 35.3 Å². The zero-order valence-corrected chi connectivity index (χ0v) is 37.4. The molecule has 0 aliphatic carbocycles. The van der Waals surface area contributed by atoms with Crippen molar-refractivity contribution in [3.63, 3.8) is 0 Å². The molecule has 1 saturated heterocycles. The van der Waals surface area contributed by atoms with E-state index in [9.17, 15) is 14.4 Å². The number of carbonyl (C=O) groups is 3. The Morgan fingerprint density at radius 1 is 0.844 bits per heavy atom. The van der Waals surface area contributed by atoms with E-state index >= 15 is 0 Å². The first-order chi connectivity index (χ1) is 31.3. The standard InChI is InChI=1S/C48H39N7O5S4/c1-30-50-38(64-54-30)29-61-37-28-62-45-40(44(57)55(45)41(37)46(58)59-42(31-17-7-2-8-18-31)32-19-9-3-10-20-32)52-43(56)39(36-27-63-47(49)51-36)53-60-48(33-21-11-4-12-22-33,34-23-13-5-14-24-34)35-25-15-6-16-26-35/h2-27,40,42,45H,28-29H2,1H3,(H2,49,51)(H,52,56)/b53-39-/t40-,45-/m1/s1. The predicted octanol–water partition coefficient (Wildman–Crippen LogP) is 8.48. The molecular weight excluding hydrogens is 883 g/mol. The molecule has 2 aliphatic heterocycles. The summed E-state index contributed by atoms with van der Waals surface area (Å²) in [5.41, 5.74) is 8.76. The molecule has 12 nitrogen and oxygen atoms in total. The Hall–Kier alpha value is -6.59. The molecule has 1 fully saturated rings. The summed E-state index contributed by atoms with van der Waals surface area (Å²) in [6, 6.07) is 46.8. The van der Waals surface area contributed by atoms with Crippen LogP contribution in [0.1, 0.15) is 50.4 Å². The number of nitrogens with zero attached hydrogens (tertiary/aromatic N) is 5. The van der Waals surface area contributed by atoms with E-state index in [0.29, 0.717) is 22.2 Å². The SMILES string of the molecule is Cc1nsc(CSC2=C(C(=O)OC(c3ccccc3)c3ccccc3)N3C(=O)[C@@H](NC(=O)/C(=N\OC(c4ccccc4)(c4ccccc4)c4ccccc4)c4csc(N)n4)[C@H]3SC2)n1. The van der Waals surface area contributed by atoms with Gasteiger partial charge >= 0.3 is 5.97 Å². The number of hydrogen-bond donors (Lipinski definition) is 2. The number of oxime groups is 1. The number of aryl methyl sites for hydroxylation is 1. The monoisotopic (exact) mass is 921 g/mol. The Labute approximate surface area is 385 Å². The number of thiazole rings is 1. The lowest BCUT2D eigenvalue weighted by Gasteiger charge is -2.49. The highest BCUT2D eigenvalue weighted by molar-refractivity contribution is 8.05. The van der Waals surface area contributed by atoms with Crippen molar-refractivity contribution in [1.29, 1.82) is 0 Å². The maximum atomic E-state index is 14.6. The number of fused-ring (bicyclic) bond motifs is 1. The molecule has 9 rings (SSSR count). The average molecular weight is 922 g/mol. The van der Waals surface area contributed by atoms with Crippen molar-refractivity contribution in [2.75, 3.05) is 11.5 Å². The molecule has 320 valence electrons. The number of nitrogens with two attached hydrogens (primary N) is 1. The minimum atomic E-state index is -1.31. The molecule has 3 N–H and O–H groups in total. The van der Waals surface area contributed by atoms with Crippen LogP contribution in [0.4, 0.5) is 5.13 Å². The van der Waals surface area contributed by atoms with Gasteiger partial charge in [0.1, 0.15) is 33.6 Å². The van der Waals surface area contributed by atoms with Crippen LogP contribution < -0.4 is 11.1 Å². The molecule has 4 heterocycles. The van der Waals surface area contributed by atoms with Gasteiger partial charge in [0.2, 0.25) is 5.60 Å². The number of β-lactam (4-membered cyclic amide) rings is 1. The maximum absolute atomic E-state index is 14.6. The third-order valence-electron chi connectivity index (χ3n) is 10.6. The van der Waals surface area contributed by atoms with Crippen LogP contribution in [0, 0.1) is 6.92 Å². The molecule has 0 saturated carbocycles. The number of aromatic nitrogens is 3. The van der Waals surface area contributed by atoms with E-state index in [2.05, 4.69) is 24.8 Å². The first-order valence-corrected chi connectivity index (χ1v) is 23.8. The summed E-state index contributed by atoms with van der Waals surface area (Å²) in [7, 11) is 0. The third-order valence-corrected chi connectivity index (χ3v) is 14.8. The van der Waals surface area contributed by atoms with E-state index < -0.39 is 40.9 Å². The Morgan fingerprint density at radius 2 is 1.39 bits per heavy atom. The van der Waals surface area contributed by atoms with E-state index in [4.69, 9.17) is 15.3 Å². The van der Waals surface area contributed by atoms with Crippen LogP contribution in [0.3, 0.4) is 0 Å². The highest BCUT2D eigenvalue weighted by Gasteiger charge is 2.55. The van der Waals surface area contributed by atoms with Gasteiger partial charge in [0.25, 0.3) is 11.8 Å². The lowest BCUT2D eigenvalue weighted by atomic mass is 9.80. The molecule has 0 bridgehead atoms. The number of benzene rings is 5. The summed E-state index contributed by atoms with van der Waals surface area (Å²) in [5, 5.41) is 9.52.